The van der Waals surface area contributed by atoms with Crippen molar-refractivity contribution in [3.63, 3.8) is 0 Å². The minimum Gasteiger partial charge on any atom is -0.384 e. The van der Waals surface area contributed by atoms with Gasteiger partial charge in [-0.1, -0.05) is 25.1 Å². The molecule has 0 bridgehead atoms. The number of methoxy groups -OCH3 is 1. The Bertz CT molecular complexity index is 304. The van der Waals surface area contributed by atoms with Gasteiger partial charge in [0.05, 0.1) is 6.61 Å². The molecule has 0 spiro atoms. The van der Waals surface area contributed by atoms with Gasteiger partial charge in [-0.15, -0.1) is 11.8 Å². The first-order chi connectivity index (χ1) is 7.79. The Morgan fingerprint density at radius 3 is 2.81 bits per heavy atom. The van der Waals surface area contributed by atoms with Gasteiger partial charge in [0.15, 0.2) is 0 Å². The van der Waals surface area contributed by atoms with Crippen LogP contribution in [0, 0.1) is 0 Å². The molecule has 0 aromatic heterocycles. The van der Waals surface area contributed by atoms with Crippen molar-refractivity contribution < 1.29 is 4.74 Å². The van der Waals surface area contributed by atoms with Crippen molar-refractivity contribution in [1.82, 2.24) is 5.32 Å². The lowest BCUT2D eigenvalue weighted by atomic mass is 10.1. The van der Waals surface area contributed by atoms with Gasteiger partial charge in [0.1, 0.15) is 0 Å². The normalized spacial score (nSPS) is 12.7. The quantitative estimate of drug-likeness (QED) is 0.583. The van der Waals surface area contributed by atoms with Crippen LogP contribution in [-0.2, 0) is 4.74 Å². The largest absolute Gasteiger partial charge is 0.384 e. The van der Waals surface area contributed by atoms with E-state index in [9.17, 15) is 0 Å². The minimum absolute atomic E-state index is 0.413. The highest BCUT2D eigenvalue weighted by molar-refractivity contribution is 7.99. The molecule has 0 saturated carbocycles. The predicted octanol–water partition coefficient (Wildman–Crippen LogP) is 3.10. The van der Waals surface area contributed by atoms with Crippen LogP contribution in [0.25, 0.3) is 0 Å². The van der Waals surface area contributed by atoms with E-state index in [0.29, 0.717) is 6.04 Å². The smallest absolute Gasteiger partial charge is 0.0556 e. The zero-order valence-electron chi connectivity index (χ0n) is 10.3. The summed E-state index contributed by atoms with van der Waals surface area (Å²) in [7, 11) is 1.74. The summed E-state index contributed by atoms with van der Waals surface area (Å²) in [5, 5.41) is 3.45. The maximum atomic E-state index is 5.07. The van der Waals surface area contributed by atoms with E-state index < -0.39 is 0 Å². The van der Waals surface area contributed by atoms with Crippen molar-refractivity contribution in [2.75, 3.05) is 26.0 Å². The summed E-state index contributed by atoms with van der Waals surface area (Å²) in [5.41, 5.74) is 1.38. The van der Waals surface area contributed by atoms with Gasteiger partial charge in [-0.05, 0) is 25.1 Å². The lowest BCUT2D eigenvalue weighted by Crippen LogP contribution is -2.18. The maximum absolute atomic E-state index is 5.07. The van der Waals surface area contributed by atoms with E-state index in [1.54, 1.807) is 7.11 Å². The molecule has 90 valence electrons. The maximum Gasteiger partial charge on any atom is 0.0556 e. The molecule has 0 aliphatic carbocycles. The second kappa shape index (κ2) is 7.71. The average molecular weight is 239 g/mol. The summed E-state index contributed by atoms with van der Waals surface area (Å²) >= 11 is 1.86. The number of rotatable bonds is 7. The van der Waals surface area contributed by atoms with Crippen molar-refractivity contribution in [1.29, 1.82) is 0 Å². The molecule has 16 heavy (non-hydrogen) atoms. The van der Waals surface area contributed by atoms with Gasteiger partial charge >= 0.3 is 0 Å². The van der Waals surface area contributed by atoms with Gasteiger partial charge < -0.3 is 10.1 Å². The van der Waals surface area contributed by atoms with Crippen LogP contribution in [0.3, 0.4) is 0 Å². The highest BCUT2D eigenvalue weighted by Gasteiger charge is 2.08. The summed E-state index contributed by atoms with van der Waals surface area (Å²) in [6.07, 6.45) is 0. The standard InChI is InChI=1S/C13H21NOS/c1-4-14-11(2)12-7-5-6-8-13(12)16-10-9-15-3/h5-8,11,14H,4,9-10H2,1-3H3. The van der Waals surface area contributed by atoms with Gasteiger partial charge in [-0.25, -0.2) is 0 Å². The molecule has 0 radical (unpaired) electrons. The third-order valence-corrected chi connectivity index (χ3v) is 3.49. The first-order valence-electron chi connectivity index (χ1n) is 5.73. The molecule has 0 aliphatic heterocycles. The van der Waals surface area contributed by atoms with Crippen LogP contribution in [0.4, 0.5) is 0 Å². The van der Waals surface area contributed by atoms with Gasteiger partial charge in [0.25, 0.3) is 0 Å². The molecule has 1 aromatic carbocycles. The Hall–Kier alpha value is -0.510. The van der Waals surface area contributed by atoms with Crippen LogP contribution in [0.2, 0.25) is 0 Å². The van der Waals surface area contributed by atoms with E-state index in [2.05, 4.69) is 43.4 Å². The molecular weight excluding hydrogens is 218 g/mol. The summed E-state index contributed by atoms with van der Waals surface area (Å²) in [6.45, 7) is 6.14. The number of hydrogen-bond acceptors (Lipinski definition) is 3. The van der Waals surface area contributed by atoms with Crippen LogP contribution in [0.1, 0.15) is 25.5 Å². The Balaban J connectivity index is 2.67. The lowest BCUT2D eigenvalue weighted by Gasteiger charge is -2.16. The monoisotopic (exact) mass is 239 g/mol. The second-order valence-corrected chi connectivity index (χ2v) is 4.80. The van der Waals surface area contributed by atoms with E-state index >= 15 is 0 Å². The van der Waals surface area contributed by atoms with Crippen LogP contribution >= 0.6 is 11.8 Å². The Morgan fingerprint density at radius 1 is 1.38 bits per heavy atom. The van der Waals surface area contributed by atoms with E-state index in [-0.39, 0.29) is 0 Å². The SMILES string of the molecule is CCNC(C)c1ccccc1SCCOC. The van der Waals surface area contributed by atoms with Crippen molar-refractivity contribution in [2.45, 2.75) is 24.8 Å². The number of benzene rings is 1. The van der Waals surface area contributed by atoms with Crippen LogP contribution in [0.5, 0.6) is 0 Å². The number of hydrogen-bond donors (Lipinski definition) is 1. The Kier molecular flexibility index (Phi) is 6.53. The minimum atomic E-state index is 0.413. The molecule has 3 heteroatoms. The lowest BCUT2D eigenvalue weighted by molar-refractivity contribution is 0.218. The molecule has 1 N–H and O–H groups in total. The summed E-state index contributed by atoms with van der Waals surface area (Å²) in [4.78, 5) is 1.35. The topological polar surface area (TPSA) is 21.3 Å². The molecule has 1 unspecified atom stereocenters. The van der Waals surface area contributed by atoms with E-state index in [0.717, 1.165) is 18.9 Å². The highest BCUT2D eigenvalue weighted by atomic mass is 32.2. The Labute approximate surface area is 103 Å². The van der Waals surface area contributed by atoms with Gasteiger partial charge in [0.2, 0.25) is 0 Å². The third kappa shape index (κ3) is 4.16. The van der Waals surface area contributed by atoms with E-state index in [1.165, 1.54) is 10.5 Å². The molecular formula is C13H21NOS. The van der Waals surface area contributed by atoms with Crippen molar-refractivity contribution in [2.24, 2.45) is 0 Å². The highest BCUT2D eigenvalue weighted by Crippen LogP contribution is 2.27. The van der Waals surface area contributed by atoms with E-state index in [1.807, 2.05) is 11.8 Å². The molecule has 0 aliphatic rings. The van der Waals surface area contributed by atoms with Crippen LogP contribution < -0.4 is 5.32 Å². The average Bonchev–Trinajstić information content (AvgIpc) is 2.30. The van der Waals surface area contributed by atoms with E-state index in [4.69, 9.17) is 4.74 Å². The molecule has 0 heterocycles. The summed E-state index contributed by atoms with van der Waals surface area (Å²) < 4.78 is 5.07. The van der Waals surface area contributed by atoms with Crippen molar-refractivity contribution in [3.05, 3.63) is 29.8 Å². The molecule has 0 fully saturated rings. The third-order valence-electron chi connectivity index (χ3n) is 2.44. The number of nitrogens with one attached hydrogen (secondary N) is 1. The predicted molar refractivity (Wildman–Crippen MR) is 71.1 cm³/mol. The fourth-order valence-corrected chi connectivity index (χ4v) is 2.68. The molecule has 0 amide bonds. The fraction of sp³-hybridized carbons (Fsp3) is 0.538. The number of thioether (sulfide) groups is 1. The summed E-state index contributed by atoms with van der Waals surface area (Å²) in [6, 6.07) is 8.99. The molecule has 1 aromatic rings. The molecule has 1 rings (SSSR count). The van der Waals surface area contributed by atoms with Gasteiger partial charge in [0, 0.05) is 23.8 Å². The van der Waals surface area contributed by atoms with Crippen LogP contribution in [-0.4, -0.2) is 26.0 Å². The second-order valence-electron chi connectivity index (χ2n) is 3.66. The zero-order chi connectivity index (χ0) is 11.8. The van der Waals surface area contributed by atoms with Crippen LogP contribution in [0.15, 0.2) is 29.2 Å². The Morgan fingerprint density at radius 2 is 2.12 bits per heavy atom. The van der Waals surface area contributed by atoms with Crippen molar-refractivity contribution in [3.8, 4) is 0 Å². The first kappa shape index (κ1) is 13.6. The number of ether oxygens (including phenoxy) is 1. The van der Waals surface area contributed by atoms with Crippen molar-refractivity contribution >= 4 is 11.8 Å². The fourth-order valence-electron chi connectivity index (χ4n) is 1.62. The zero-order valence-corrected chi connectivity index (χ0v) is 11.1. The summed E-state index contributed by atoms with van der Waals surface area (Å²) in [5.74, 6) is 1.01. The van der Waals surface area contributed by atoms with Gasteiger partial charge in [-0.3, -0.25) is 0 Å². The molecule has 2 nitrogen and oxygen atoms in total. The molecule has 1 atom stereocenters. The molecule has 0 saturated heterocycles. The van der Waals surface area contributed by atoms with Gasteiger partial charge in [-0.2, -0.15) is 0 Å². The first-order valence-corrected chi connectivity index (χ1v) is 6.72.